The van der Waals surface area contributed by atoms with Crippen molar-refractivity contribution in [2.75, 3.05) is 17.6 Å². The lowest BCUT2D eigenvalue weighted by molar-refractivity contribution is 0.0601. The summed E-state index contributed by atoms with van der Waals surface area (Å²) in [6, 6.07) is 4.14. The Kier molecular flexibility index (Phi) is 3.51. The molecule has 1 aromatic rings. The van der Waals surface area contributed by atoms with Crippen LogP contribution in [0.15, 0.2) is 18.2 Å². The van der Waals surface area contributed by atoms with E-state index in [9.17, 15) is 13.2 Å². The summed E-state index contributed by atoms with van der Waals surface area (Å²) < 4.78 is 27.4. The number of methoxy groups -OCH3 is 1. The van der Waals surface area contributed by atoms with E-state index in [4.69, 9.17) is 5.73 Å². The maximum absolute atomic E-state index is 11.1. The normalized spacial score (nSPS) is 10.0. The van der Waals surface area contributed by atoms with E-state index < -0.39 is 16.9 Å². The van der Waals surface area contributed by atoms with Crippen LogP contribution in [0, 0.1) is 0 Å². The summed E-state index contributed by atoms with van der Waals surface area (Å²) in [6.45, 7) is 0. The number of carbonyl (C=O) groups is 1. The van der Waals surface area contributed by atoms with Crippen LogP contribution in [0.1, 0.15) is 10.4 Å². The van der Waals surface area contributed by atoms with Gasteiger partial charge in [-0.3, -0.25) is 4.72 Å². The largest absolute Gasteiger partial charge is 0.465 e. The van der Waals surface area contributed by atoms with Gasteiger partial charge in [0.05, 0.1) is 18.4 Å². The van der Waals surface area contributed by atoms with Gasteiger partial charge < -0.3 is 10.5 Å². The van der Waals surface area contributed by atoms with Gasteiger partial charge in [-0.2, -0.15) is 0 Å². The Bertz CT molecular complexity index is 448. The van der Waals surface area contributed by atoms with Crippen LogP contribution in [0.5, 0.6) is 0 Å². The maximum atomic E-state index is 11.1. The Morgan fingerprint density at radius 1 is 1.40 bits per heavy atom. The fourth-order valence-corrected chi connectivity index (χ4v) is 1.40. The van der Waals surface area contributed by atoms with Crippen LogP contribution in [0.4, 0.5) is 11.4 Å². The van der Waals surface area contributed by atoms with Crippen LogP contribution in [0.3, 0.4) is 0 Å². The molecule has 0 fully saturated rings. The third kappa shape index (κ3) is 3.13. The molecule has 15 heavy (non-hydrogen) atoms. The molecule has 1 rings (SSSR count). The summed E-state index contributed by atoms with van der Waals surface area (Å²) in [5.41, 5.74) is 6.18. The molecule has 0 spiro atoms. The standard InChI is InChI=1S/C8H10N2O4S/c1-14-8(11)5-2-6(9)4-7(3-5)10-15(12)13/h2-4,15H,9H2,1H3,(H,10,12,13). The van der Waals surface area contributed by atoms with Gasteiger partial charge in [-0.25, -0.2) is 13.2 Å². The molecule has 7 heteroatoms. The molecule has 0 aromatic heterocycles. The average molecular weight is 230 g/mol. The van der Waals surface area contributed by atoms with Gasteiger partial charge in [0.25, 0.3) is 0 Å². The monoisotopic (exact) mass is 230 g/mol. The zero-order valence-corrected chi connectivity index (χ0v) is 8.78. The molecule has 0 amide bonds. The van der Waals surface area contributed by atoms with Crippen molar-refractivity contribution in [2.45, 2.75) is 0 Å². The predicted octanol–water partition coefficient (Wildman–Crippen LogP) is -0.00630. The average Bonchev–Trinajstić information content (AvgIpc) is 2.14. The van der Waals surface area contributed by atoms with Crippen molar-refractivity contribution >= 4 is 28.2 Å². The Morgan fingerprint density at radius 2 is 2.07 bits per heavy atom. The highest BCUT2D eigenvalue weighted by atomic mass is 32.2. The van der Waals surface area contributed by atoms with Crippen LogP contribution < -0.4 is 10.5 Å². The molecule has 0 aliphatic rings. The van der Waals surface area contributed by atoms with Crippen LogP contribution in [0.2, 0.25) is 0 Å². The molecular weight excluding hydrogens is 220 g/mol. The van der Waals surface area contributed by atoms with E-state index in [1.54, 1.807) is 0 Å². The molecule has 0 saturated heterocycles. The number of nitrogens with two attached hydrogens (primary N) is 1. The van der Waals surface area contributed by atoms with Crippen molar-refractivity contribution in [3.63, 3.8) is 0 Å². The van der Waals surface area contributed by atoms with E-state index in [0.717, 1.165) is 0 Å². The third-order valence-electron chi connectivity index (χ3n) is 1.60. The zero-order chi connectivity index (χ0) is 11.4. The first-order chi connectivity index (χ1) is 7.02. The third-order valence-corrected chi connectivity index (χ3v) is 2.04. The first-order valence-corrected chi connectivity index (χ1v) is 5.10. The number of nitrogen functional groups attached to an aromatic ring is 1. The van der Waals surface area contributed by atoms with Gasteiger partial charge in [0.15, 0.2) is 0 Å². The Labute approximate surface area is 88.1 Å². The summed E-state index contributed by atoms with van der Waals surface area (Å²) in [6.07, 6.45) is 0. The fourth-order valence-electron chi connectivity index (χ4n) is 1.06. The number of carbonyl (C=O) groups excluding carboxylic acids is 1. The predicted molar refractivity (Wildman–Crippen MR) is 56.1 cm³/mol. The Balaban J connectivity index is 3.10. The molecule has 82 valence electrons. The molecule has 0 aliphatic heterocycles. The minimum atomic E-state index is -2.78. The molecule has 0 radical (unpaired) electrons. The van der Waals surface area contributed by atoms with Gasteiger partial charge in [-0.05, 0) is 18.2 Å². The summed E-state index contributed by atoms with van der Waals surface area (Å²) in [5, 5.41) is 0. The summed E-state index contributed by atoms with van der Waals surface area (Å²) in [5.74, 6) is -0.577. The molecule has 0 bridgehead atoms. The van der Waals surface area contributed by atoms with Gasteiger partial charge in [0.2, 0.25) is 10.9 Å². The van der Waals surface area contributed by atoms with Crippen LogP contribution in [-0.4, -0.2) is 21.5 Å². The van der Waals surface area contributed by atoms with Crippen molar-refractivity contribution < 1.29 is 17.9 Å². The molecule has 0 aliphatic carbocycles. The molecule has 0 atom stereocenters. The van der Waals surface area contributed by atoms with E-state index in [1.165, 1.54) is 25.3 Å². The van der Waals surface area contributed by atoms with Gasteiger partial charge in [-0.1, -0.05) is 0 Å². The molecule has 3 N–H and O–H groups in total. The van der Waals surface area contributed by atoms with Gasteiger partial charge in [0, 0.05) is 5.69 Å². The lowest BCUT2D eigenvalue weighted by Gasteiger charge is -2.04. The van der Waals surface area contributed by atoms with Crippen LogP contribution in [-0.2, 0) is 15.6 Å². The first kappa shape index (κ1) is 11.3. The summed E-state index contributed by atoms with van der Waals surface area (Å²) >= 11 is 0. The van der Waals surface area contributed by atoms with Crippen LogP contribution in [0.25, 0.3) is 0 Å². The highest BCUT2D eigenvalue weighted by Crippen LogP contribution is 2.17. The molecular formula is C8H10N2O4S. The summed E-state index contributed by atoms with van der Waals surface area (Å²) in [7, 11) is -1.55. The lowest BCUT2D eigenvalue weighted by Crippen LogP contribution is -2.04. The number of thiol groups is 1. The van der Waals surface area contributed by atoms with E-state index in [-0.39, 0.29) is 16.9 Å². The number of esters is 1. The van der Waals surface area contributed by atoms with E-state index >= 15 is 0 Å². The first-order valence-electron chi connectivity index (χ1n) is 3.93. The number of hydrogen-bond donors (Lipinski definition) is 3. The highest BCUT2D eigenvalue weighted by molar-refractivity contribution is 7.73. The number of hydrogen-bond acceptors (Lipinski definition) is 5. The number of rotatable bonds is 3. The minimum absolute atomic E-state index is 0.192. The van der Waals surface area contributed by atoms with Crippen LogP contribution >= 0.6 is 0 Å². The van der Waals surface area contributed by atoms with Crippen molar-refractivity contribution in [2.24, 2.45) is 0 Å². The Morgan fingerprint density at radius 3 is 2.60 bits per heavy atom. The second-order valence-corrected chi connectivity index (χ2v) is 3.44. The number of benzene rings is 1. The van der Waals surface area contributed by atoms with Crippen molar-refractivity contribution in [3.05, 3.63) is 23.8 Å². The minimum Gasteiger partial charge on any atom is -0.465 e. The highest BCUT2D eigenvalue weighted by Gasteiger charge is 2.07. The van der Waals surface area contributed by atoms with E-state index in [1.807, 2.05) is 0 Å². The molecule has 6 nitrogen and oxygen atoms in total. The van der Waals surface area contributed by atoms with Crippen molar-refractivity contribution in [3.8, 4) is 0 Å². The second kappa shape index (κ2) is 4.65. The Hall–Kier alpha value is -1.76. The van der Waals surface area contributed by atoms with Gasteiger partial charge in [-0.15, -0.1) is 0 Å². The lowest BCUT2D eigenvalue weighted by atomic mass is 10.2. The number of ether oxygens (including phenoxy) is 1. The topological polar surface area (TPSA) is 98.5 Å². The number of nitrogens with one attached hydrogen (secondary N) is 1. The van der Waals surface area contributed by atoms with E-state index in [0.29, 0.717) is 0 Å². The summed E-state index contributed by atoms with van der Waals surface area (Å²) in [4.78, 5) is 11.1. The second-order valence-electron chi connectivity index (χ2n) is 2.70. The molecule has 0 unspecified atom stereocenters. The maximum Gasteiger partial charge on any atom is 0.337 e. The fraction of sp³-hybridized carbons (Fsp3) is 0.125. The van der Waals surface area contributed by atoms with Crippen molar-refractivity contribution in [1.29, 1.82) is 0 Å². The smallest absolute Gasteiger partial charge is 0.337 e. The van der Waals surface area contributed by atoms with Gasteiger partial charge in [0.1, 0.15) is 0 Å². The molecule has 1 aromatic carbocycles. The van der Waals surface area contributed by atoms with Crippen molar-refractivity contribution in [1.82, 2.24) is 0 Å². The van der Waals surface area contributed by atoms with E-state index in [2.05, 4.69) is 9.46 Å². The molecule has 0 heterocycles. The SMILES string of the molecule is COC(=O)c1cc(N)cc(N[SH](=O)=O)c1. The number of anilines is 2. The molecule has 0 saturated carbocycles. The quantitative estimate of drug-likeness (QED) is 0.385. The van der Waals surface area contributed by atoms with Gasteiger partial charge >= 0.3 is 5.97 Å². The zero-order valence-electron chi connectivity index (χ0n) is 7.89.